The summed E-state index contributed by atoms with van der Waals surface area (Å²) in [5.74, 6) is -0.602. The number of aromatic nitrogens is 2. The smallest absolute Gasteiger partial charge is 0.291 e. The van der Waals surface area contributed by atoms with Crippen molar-refractivity contribution in [3.63, 3.8) is 0 Å². The van der Waals surface area contributed by atoms with Gasteiger partial charge in [0.1, 0.15) is 0 Å². The minimum Gasteiger partial charge on any atom is -0.373 e. The van der Waals surface area contributed by atoms with Crippen molar-refractivity contribution >= 4 is 32.4 Å². The number of morpholine rings is 1. The lowest BCUT2D eigenvalue weighted by Gasteiger charge is -2.34. The Bertz CT molecular complexity index is 940. The summed E-state index contributed by atoms with van der Waals surface area (Å²) in [6.07, 6.45) is -3.19. The molecule has 1 aliphatic heterocycles. The Morgan fingerprint density at radius 3 is 2.36 bits per heavy atom. The Labute approximate surface area is 164 Å². The van der Waals surface area contributed by atoms with Crippen molar-refractivity contribution < 1.29 is 26.7 Å². The van der Waals surface area contributed by atoms with Crippen molar-refractivity contribution in [2.24, 2.45) is 0 Å². The topological polar surface area (TPSA) is 101 Å². The average molecular weight is 432 g/mol. The number of benzene rings is 1. The summed E-state index contributed by atoms with van der Waals surface area (Å²) in [6.45, 7) is 4.11. The number of anilines is 1. The number of rotatable bonds is 5. The second-order valence-corrected chi connectivity index (χ2v) is 9.25. The first-order valence-electron chi connectivity index (χ1n) is 8.35. The van der Waals surface area contributed by atoms with E-state index in [1.165, 1.54) is 28.6 Å². The zero-order chi connectivity index (χ0) is 20.5. The molecule has 0 unspecified atom stereocenters. The van der Waals surface area contributed by atoms with E-state index in [1.807, 2.05) is 0 Å². The Balaban J connectivity index is 1.72. The fourth-order valence-electron chi connectivity index (χ4n) is 2.80. The van der Waals surface area contributed by atoms with E-state index in [0.29, 0.717) is 11.3 Å². The van der Waals surface area contributed by atoms with Gasteiger partial charge in [-0.3, -0.25) is 10.1 Å². The largest absolute Gasteiger partial charge is 0.373 e. The van der Waals surface area contributed by atoms with E-state index >= 15 is 0 Å². The van der Waals surface area contributed by atoms with Gasteiger partial charge in [-0.1, -0.05) is 11.3 Å². The van der Waals surface area contributed by atoms with Crippen LogP contribution in [0.4, 0.5) is 13.9 Å². The van der Waals surface area contributed by atoms with Crippen molar-refractivity contribution in [3.05, 3.63) is 34.8 Å². The van der Waals surface area contributed by atoms with Crippen LogP contribution >= 0.6 is 11.3 Å². The third-order valence-electron chi connectivity index (χ3n) is 3.99. The van der Waals surface area contributed by atoms with Gasteiger partial charge in [0.25, 0.3) is 12.3 Å². The van der Waals surface area contributed by atoms with Crippen LogP contribution < -0.4 is 5.32 Å². The fourth-order valence-corrected chi connectivity index (χ4v) is 4.98. The summed E-state index contributed by atoms with van der Waals surface area (Å²) in [6, 6.07) is 5.37. The summed E-state index contributed by atoms with van der Waals surface area (Å²) < 4.78 is 57.6. The van der Waals surface area contributed by atoms with E-state index in [9.17, 15) is 22.0 Å². The molecule has 8 nitrogen and oxygen atoms in total. The highest BCUT2D eigenvalue weighted by atomic mass is 32.2. The first-order valence-corrected chi connectivity index (χ1v) is 10.6. The van der Waals surface area contributed by atoms with Gasteiger partial charge in [-0.05, 0) is 38.1 Å². The van der Waals surface area contributed by atoms with E-state index in [2.05, 4.69) is 15.5 Å². The molecule has 1 aromatic carbocycles. The Morgan fingerprint density at radius 1 is 1.21 bits per heavy atom. The quantitative estimate of drug-likeness (QED) is 0.779. The SMILES string of the molecule is C[C@H]1CN(S(=O)(=O)c2ccc(C(=O)Nc3nnc(C(F)F)s3)cc2)C[C@H](C)O1. The molecular weight excluding hydrogens is 414 g/mol. The lowest BCUT2D eigenvalue weighted by atomic mass is 10.2. The number of nitrogens with one attached hydrogen (secondary N) is 1. The molecular formula is C16H18F2N4O4S2. The van der Waals surface area contributed by atoms with Crippen LogP contribution in [0.5, 0.6) is 0 Å². The maximum Gasteiger partial charge on any atom is 0.291 e. The second kappa shape index (κ2) is 8.15. The Hall–Kier alpha value is -2.02. The molecule has 1 amide bonds. The highest BCUT2D eigenvalue weighted by Gasteiger charge is 2.32. The molecule has 0 radical (unpaired) electrons. The molecule has 1 N–H and O–H groups in total. The molecule has 0 aliphatic carbocycles. The number of amides is 1. The summed E-state index contributed by atoms with van der Waals surface area (Å²) in [7, 11) is -3.72. The van der Waals surface area contributed by atoms with E-state index in [0.717, 1.165) is 0 Å². The summed E-state index contributed by atoms with van der Waals surface area (Å²) in [5.41, 5.74) is 0.163. The first kappa shape index (κ1) is 20.7. The highest BCUT2D eigenvalue weighted by molar-refractivity contribution is 7.89. The monoisotopic (exact) mass is 432 g/mol. The van der Waals surface area contributed by atoms with Crippen LogP contribution in [0.1, 0.15) is 35.6 Å². The van der Waals surface area contributed by atoms with Gasteiger partial charge in [-0.25, -0.2) is 17.2 Å². The first-order chi connectivity index (χ1) is 13.2. The van der Waals surface area contributed by atoms with Gasteiger partial charge in [-0.15, -0.1) is 10.2 Å². The number of nitrogens with zero attached hydrogens (tertiary/aromatic N) is 3. The van der Waals surface area contributed by atoms with Crippen LogP contribution in [-0.4, -0.2) is 54.1 Å². The lowest BCUT2D eigenvalue weighted by Crippen LogP contribution is -2.48. The standard InChI is InChI=1S/C16H18F2N4O4S2/c1-9-7-22(8-10(2)26-9)28(24,25)12-5-3-11(4-6-12)14(23)19-16-21-20-15(27-16)13(17)18/h3-6,9-10,13H,7-8H2,1-2H3,(H,19,21,23)/t9-,10-/m0/s1. The van der Waals surface area contributed by atoms with Gasteiger partial charge in [0.05, 0.1) is 17.1 Å². The molecule has 1 saturated heterocycles. The number of hydrogen-bond donors (Lipinski definition) is 1. The third kappa shape index (κ3) is 4.51. The predicted octanol–water partition coefficient (Wildman–Crippen LogP) is 2.53. The van der Waals surface area contributed by atoms with Gasteiger partial charge < -0.3 is 4.74 Å². The molecule has 2 atom stereocenters. The number of carbonyl (C=O) groups excluding carboxylic acids is 1. The Morgan fingerprint density at radius 2 is 1.82 bits per heavy atom. The number of halogens is 2. The molecule has 12 heteroatoms. The molecule has 2 aromatic rings. The molecule has 28 heavy (non-hydrogen) atoms. The molecule has 152 valence electrons. The zero-order valence-corrected chi connectivity index (χ0v) is 16.6. The van der Waals surface area contributed by atoms with Gasteiger partial charge >= 0.3 is 0 Å². The molecule has 0 saturated carbocycles. The number of alkyl halides is 2. The van der Waals surface area contributed by atoms with Gasteiger partial charge in [0.15, 0.2) is 5.01 Å². The molecule has 0 spiro atoms. The van der Waals surface area contributed by atoms with Crippen molar-refractivity contribution in [1.82, 2.24) is 14.5 Å². The zero-order valence-electron chi connectivity index (χ0n) is 15.0. The average Bonchev–Trinajstić information content (AvgIpc) is 3.10. The summed E-state index contributed by atoms with van der Waals surface area (Å²) >= 11 is 0.572. The third-order valence-corrected chi connectivity index (χ3v) is 6.68. The molecule has 3 rings (SSSR count). The minimum atomic E-state index is -3.72. The van der Waals surface area contributed by atoms with Crippen LogP contribution in [0.25, 0.3) is 0 Å². The molecule has 1 fully saturated rings. The van der Waals surface area contributed by atoms with Gasteiger partial charge in [-0.2, -0.15) is 4.31 Å². The van der Waals surface area contributed by atoms with Crippen LogP contribution in [-0.2, 0) is 14.8 Å². The summed E-state index contributed by atoms with van der Waals surface area (Å²) in [5, 5.41) is 8.57. The van der Waals surface area contributed by atoms with Crippen LogP contribution in [0.3, 0.4) is 0 Å². The Kier molecular flexibility index (Phi) is 6.03. The van der Waals surface area contributed by atoms with E-state index in [-0.39, 0.29) is 40.9 Å². The molecule has 2 heterocycles. The summed E-state index contributed by atoms with van der Waals surface area (Å²) in [4.78, 5) is 12.3. The maximum atomic E-state index is 12.8. The van der Waals surface area contributed by atoms with E-state index in [4.69, 9.17) is 4.74 Å². The van der Waals surface area contributed by atoms with E-state index < -0.39 is 27.4 Å². The van der Waals surface area contributed by atoms with E-state index in [1.54, 1.807) is 13.8 Å². The molecule has 1 aromatic heterocycles. The van der Waals surface area contributed by atoms with Crippen LogP contribution in [0.15, 0.2) is 29.2 Å². The number of hydrogen-bond acceptors (Lipinski definition) is 7. The van der Waals surface area contributed by atoms with Crippen LogP contribution in [0, 0.1) is 0 Å². The lowest BCUT2D eigenvalue weighted by molar-refractivity contribution is -0.0440. The van der Waals surface area contributed by atoms with Gasteiger partial charge in [0.2, 0.25) is 15.2 Å². The highest BCUT2D eigenvalue weighted by Crippen LogP contribution is 2.26. The normalized spacial score (nSPS) is 21.0. The second-order valence-electron chi connectivity index (χ2n) is 6.30. The van der Waals surface area contributed by atoms with Crippen molar-refractivity contribution in [3.8, 4) is 0 Å². The molecule has 0 bridgehead atoms. The molecule has 1 aliphatic rings. The maximum absolute atomic E-state index is 12.8. The van der Waals surface area contributed by atoms with Crippen molar-refractivity contribution in [2.45, 2.75) is 37.4 Å². The number of sulfonamides is 1. The van der Waals surface area contributed by atoms with Gasteiger partial charge in [0, 0.05) is 18.7 Å². The van der Waals surface area contributed by atoms with Crippen LogP contribution in [0.2, 0.25) is 0 Å². The number of ether oxygens (including phenoxy) is 1. The minimum absolute atomic E-state index is 0.0567. The van der Waals surface area contributed by atoms with Crippen molar-refractivity contribution in [2.75, 3.05) is 18.4 Å². The fraction of sp³-hybridized carbons (Fsp3) is 0.438. The predicted molar refractivity (Wildman–Crippen MR) is 98.0 cm³/mol. The number of carbonyl (C=O) groups is 1. The van der Waals surface area contributed by atoms with Crippen molar-refractivity contribution in [1.29, 1.82) is 0 Å².